The molecule has 0 radical (unpaired) electrons. The summed E-state index contributed by atoms with van der Waals surface area (Å²) in [6.45, 7) is 1.74. The van der Waals surface area contributed by atoms with Crippen molar-refractivity contribution < 1.29 is 9.90 Å². The molecule has 1 aliphatic heterocycles. The van der Waals surface area contributed by atoms with Gasteiger partial charge in [0.05, 0.1) is 29.2 Å². The van der Waals surface area contributed by atoms with Crippen LogP contribution in [-0.2, 0) is 6.54 Å². The van der Waals surface area contributed by atoms with Crippen LogP contribution in [0.15, 0.2) is 55.2 Å². The number of nitrogens with zero attached hydrogens (tertiary/aromatic N) is 5. The van der Waals surface area contributed by atoms with E-state index >= 15 is 0 Å². The van der Waals surface area contributed by atoms with Gasteiger partial charge < -0.3 is 5.11 Å². The molecule has 7 nitrogen and oxygen atoms in total. The highest BCUT2D eigenvalue weighted by molar-refractivity contribution is 5.91. The molecule has 1 fully saturated rings. The molecule has 3 aromatic rings. The SMILES string of the molecule is O=C(O)c1ccccc1-n1cc(CN2CCCC[C@@H]2c2cnccn2)cn1. The maximum Gasteiger partial charge on any atom is 0.337 e. The normalized spacial score (nSPS) is 17.7. The third-order valence-corrected chi connectivity index (χ3v) is 4.94. The fourth-order valence-corrected chi connectivity index (χ4v) is 3.66. The average molecular weight is 363 g/mol. The van der Waals surface area contributed by atoms with Crippen LogP contribution in [0, 0.1) is 0 Å². The van der Waals surface area contributed by atoms with Crippen LogP contribution in [0.25, 0.3) is 5.69 Å². The second-order valence-corrected chi connectivity index (χ2v) is 6.73. The number of likely N-dealkylation sites (tertiary alicyclic amines) is 1. The van der Waals surface area contributed by atoms with Crippen molar-refractivity contribution in [3.05, 3.63) is 72.1 Å². The predicted octanol–water partition coefficient (Wildman–Crippen LogP) is 3.09. The lowest BCUT2D eigenvalue weighted by Gasteiger charge is -2.34. The molecule has 0 amide bonds. The van der Waals surface area contributed by atoms with Crippen LogP contribution in [0.1, 0.15) is 46.9 Å². The maximum absolute atomic E-state index is 11.5. The minimum Gasteiger partial charge on any atom is -0.478 e. The van der Waals surface area contributed by atoms with Crippen LogP contribution in [0.2, 0.25) is 0 Å². The van der Waals surface area contributed by atoms with Crippen LogP contribution in [0.4, 0.5) is 0 Å². The number of aromatic nitrogens is 4. The van der Waals surface area contributed by atoms with Crippen LogP contribution in [0.3, 0.4) is 0 Å². The molecular weight excluding hydrogens is 342 g/mol. The molecule has 0 spiro atoms. The summed E-state index contributed by atoms with van der Waals surface area (Å²) in [5.41, 5.74) is 2.86. The molecule has 0 aliphatic carbocycles. The number of carboxylic acid groups (broad SMARTS) is 1. The molecule has 7 heteroatoms. The van der Waals surface area contributed by atoms with Crippen molar-refractivity contribution in [1.82, 2.24) is 24.6 Å². The van der Waals surface area contributed by atoms with E-state index in [9.17, 15) is 9.90 Å². The lowest BCUT2D eigenvalue weighted by Crippen LogP contribution is -2.33. The van der Waals surface area contributed by atoms with Gasteiger partial charge in [0, 0.05) is 36.9 Å². The first-order valence-corrected chi connectivity index (χ1v) is 9.08. The molecule has 0 bridgehead atoms. The molecule has 0 unspecified atom stereocenters. The summed E-state index contributed by atoms with van der Waals surface area (Å²) in [4.78, 5) is 22.6. The Balaban J connectivity index is 1.56. The standard InChI is InChI=1S/C20H21N5O2/c26-20(27)16-5-1-2-6-18(16)25-14-15(11-23-25)13-24-10-4-3-7-19(24)17-12-21-8-9-22-17/h1-2,5-6,8-9,11-12,14,19H,3-4,7,10,13H2,(H,26,27)/t19-/m1/s1. The number of para-hydroxylation sites is 1. The summed E-state index contributed by atoms with van der Waals surface area (Å²) in [6, 6.07) is 7.15. The molecule has 1 aliphatic rings. The van der Waals surface area contributed by atoms with E-state index in [4.69, 9.17) is 0 Å². The number of piperidine rings is 1. The van der Waals surface area contributed by atoms with Crippen LogP contribution in [0.5, 0.6) is 0 Å². The molecule has 3 heterocycles. The summed E-state index contributed by atoms with van der Waals surface area (Å²) in [5, 5.41) is 13.8. The predicted molar refractivity (Wildman–Crippen MR) is 99.6 cm³/mol. The van der Waals surface area contributed by atoms with Gasteiger partial charge in [-0.25, -0.2) is 9.48 Å². The van der Waals surface area contributed by atoms with E-state index in [0.717, 1.165) is 37.2 Å². The first-order valence-electron chi connectivity index (χ1n) is 9.08. The van der Waals surface area contributed by atoms with E-state index < -0.39 is 5.97 Å². The van der Waals surface area contributed by atoms with E-state index in [-0.39, 0.29) is 11.6 Å². The number of carbonyl (C=O) groups is 1. The number of hydrogen-bond donors (Lipinski definition) is 1. The Hall–Kier alpha value is -3.06. The van der Waals surface area contributed by atoms with Crippen LogP contribution >= 0.6 is 0 Å². The number of carboxylic acids is 1. The van der Waals surface area contributed by atoms with Crippen molar-refractivity contribution >= 4 is 5.97 Å². The van der Waals surface area contributed by atoms with Gasteiger partial charge in [0.2, 0.25) is 0 Å². The third kappa shape index (κ3) is 3.73. The van der Waals surface area contributed by atoms with Gasteiger partial charge in [-0.05, 0) is 31.5 Å². The van der Waals surface area contributed by atoms with Gasteiger partial charge in [-0.15, -0.1) is 0 Å². The van der Waals surface area contributed by atoms with E-state index in [2.05, 4.69) is 20.0 Å². The number of rotatable bonds is 5. The monoisotopic (exact) mass is 363 g/mol. The Kier molecular flexibility index (Phi) is 4.93. The highest BCUT2D eigenvalue weighted by Gasteiger charge is 2.25. The first kappa shape index (κ1) is 17.4. The molecule has 138 valence electrons. The minimum atomic E-state index is -0.957. The Morgan fingerprint density at radius 3 is 2.89 bits per heavy atom. The van der Waals surface area contributed by atoms with Crippen molar-refractivity contribution in [2.24, 2.45) is 0 Å². The Morgan fingerprint density at radius 1 is 1.19 bits per heavy atom. The smallest absolute Gasteiger partial charge is 0.337 e. The van der Waals surface area contributed by atoms with Crippen molar-refractivity contribution in [2.75, 3.05) is 6.54 Å². The third-order valence-electron chi connectivity index (χ3n) is 4.94. The van der Waals surface area contributed by atoms with Crippen molar-refractivity contribution in [2.45, 2.75) is 31.8 Å². The van der Waals surface area contributed by atoms with E-state index in [1.54, 1.807) is 41.5 Å². The zero-order valence-electron chi connectivity index (χ0n) is 14.9. The largest absolute Gasteiger partial charge is 0.478 e. The van der Waals surface area contributed by atoms with Crippen LogP contribution < -0.4 is 0 Å². The zero-order valence-corrected chi connectivity index (χ0v) is 14.9. The fourth-order valence-electron chi connectivity index (χ4n) is 3.66. The lowest BCUT2D eigenvalue weighted by atomic mass is 9.99. The van der Waals surface area contributed by atoms with Crippen molar-refractivity contribution in [3.8, 4) is 5.69 Å². The molecule has 1 N–H and O–H groups in total. The van der Waals surface area contributed by atoms with Gasteiger partial charge in [0.25, 0.3) is 0 Å². The summed E-state index contributed by atoms with van der Waals surface area (Å²) in [6.07, 6.45) is 12.4. The van der Waals surface area contributed by atoms with Gasteiger partial charge in [-0.1, -0.05) is 18.6 Å². The van der Waals surface area contributed by atoms with E-state index in [1.165, 1.54) is 6.42 Å². The number of hydrogen-bond acceptors (Lipinski definition) is 5. The van der Waals surface area contributed by atoms with E-state index in [0.29, 0.717) is 5.69 Å². The lowest BCUT2D eigenvalue weighted by molar-refractivity contribution is 0.0696. The van der Waals surface area contributed by atoms with Crippen molar-refractivity contribution in [3.63, 3.8) is 0 Å². The van der Waals surface area contributed by atoms with Gasteiger partial charge in [-0.3, -0.25) is 14.9 Å². The second-order valence-electron chi connectivity index (χ2n) is 6.73. The number of aromatic carboxylic acids is 1. The molecular formula is C20H21N5O2. The summed E-state index contributed by atoms with van der Waals surface area (Å²) < 4.78 is 1.64. The van der Waals surface area contributed by atoms with Crippen molar-refractivity contribution in [1.29, 1.82) is 0 Å². The van der Waals surface area contributed by atoms with Crippen LogP contribution in [-0.4, -0.2) is 42.3 Å². The minimum absolute atomic E-state index is 0.238. The highest BCUT2D eigenvalue weighted by atomic mass is 16.4. The summed E-state index contributed by atoms with van der Waals surface area (Å²) in [7, 11) is 0. The Morgan fingerprint density at radius 2 is 2.07 bits per heavy atom. The molecule has 4 rings (SSSR count). The zero-order chi connectivity index (χ0) is 18.6. The fraction of sp³-hybridized carbons (Fsp3) is 0.300. The molecule has 0 saturated carbocycles. The average Bonchev–Trinajstić information content (AvgIpc) is 3.17. The molecule has 1 atom stereocenters. The van der Waals surface area contributed by atoms with Gasteiger partial charge in [0.1, 0.15) is 0 Å². The topological polar surface area (TPSA) is 84.1 Å². The summed E-state index contributed by atoms with van der Waals surface area (Å²) in [5.74, 6) is -0.957. The van der Waals surface area contributed by atoms with Gasteiger partial charge in [0.15, 0.2) is 0 Å². The second kappa shape index (κ2) is 7.67. The Labute approximate surface area is 157 Å². The summed E-state index contributed by atoms with van der Waals surface area (Å²) >= 11 is 0. The molecule has 27 heavy (non-hydrogen) atoms. The van der Waals surface area contributed by atoms with Gasteiger partial charge in [-0.2, -0.15) is 5.10 Å². The Bertz CT molecular complexity index is 925. The maximum atomic E-state index is 11.5. The quantitative estimate of drug-likeness (QED) is 0.750. The molecule has 2 aromatic heterocycles. The molecule has 1 aromatic carbocycles. The first-order chi connectivity index (χ1) is 13.2. The van der Waals surface area contributed by atoms with E-state index in [1.807, 2.05) is 18.5 Å². The van der Waals surface area contributed by atoms with Gasteiger partial charge >= 0.3 is 5.97 Å². The molecule has 1 saturated heterocycles. The number of benzene rings is 1. The highest BCUT2D eigenvalue weighted by Crippen LogP contribution is 2.30.